The summed E-state index contributed by atoms with van der Waals surface area (Å²) in [6.45, 7) is 0. The van der Waals surface area contributed by atoms with Gasteiger partial charge in [-0.15, -0.1) is 0 Å². The average molecular weight is 390 g/mol. The summed E-state index contributed by atoms with van der Waals surface area (Å²) in [7, 11) is -4.41. The smallest absolute Gasteiger partial charge is 0.279 e. The molecule has 0 spiro atoms. The fraction of sp³-hybridized carbons (Fsp3) is 0.182. The van der Waals surface area contributed by atoms with Gasteiger partial charge in [-0.25, -0.2) is 9.97 Å². The minimum absolute atomic E-state index is 0.538. The third-order valence-corrected chi connectivity index (χ3v) is 6.24. The summed E-state index contributed by atoms with van der Waals surface area (Å²) in [6.07, 6.45) is 7.20. The van der Waals surface area contributed by atoms with Gasteiger partial charge in [0, 0.05) is 6.20 Å². The highest BCUT2D eigenvalue weighted by Gasteiger charge is 2.23. The zero-order chi connectivity index (χ0) is 19.3. The third kappa shape index (κ3) is 2.85. The molecule has 0 aliphatic heterocycles. The van der Waals surface area contributed by atoms with Gasteiger partial charge in [-0.05, 0) is 76.8 Å². The second kappa shape index (κ2) is 6.36. The van der Waals surface area contributed by atoms with Gasteiger partial charge in [0.05, 0.1) is 5.69 Å². The largest absolute Gasteiger partial charge is 0.330 e. The number of nitrogens with zero attached hydrogens (tertiary/aromatic N) is 2. The molecule has 0 atom stereocenters. The van der Waals surface area contributed by atoms with E-state index in [0.717, 1.165) is 36.8 Å². The van der Waals surface area contributed by atoms with Gasteiger partial charge in [-0.3, -0.25) is 4.55 Å². The van der Waals surface area contributed by atoms with Gasteiger partial charge in [0.15, 0.2) is 0 Å². The summed E-state index contributed by atoms with van der Waals surface area (Å²) in [5.74, 6) is 0. The molecule has 28 heavy (non-hydrogen) atoms. The summed E-state index contributed by atoms with van der Waals surface area (Å²) in [5, 5.41) is -0.557. The van der Waals surface area contributed by atoms with Crippen LogP contribution in [0.4, 0.5) is 0 Å². The van der Waals surface area contributed by atoms with E-state index in [-0.39, 0.29) is 0 Å². The molecule has 0 radical (unpaired) electrons. The first-order chi connectivity index (χ1) is 13.5. The molecule has 140 valence electrons. The number of hydrogen-bond acceptors (Lipinski definition) is 4. The Morgan fingerprint density at radius 1 is 0.857 bits per heavy atom. The first kappa shape index (κ1) is 17.3. The Labute approximate surface area is 163 Å². The van der Waals surface area contributed by atoms with Crippen molar-refractivity contribution in [3.63, 3.8) is 0 Å². The van der Waals surface area contributed by atoms with Crippen molar-refractivity contribution in [2.45, 2.75) is 30.8 Å². The van der Waals surface area contributed by atoms with Gasteiger partial charge in [-0.2, -0.15) is 8.42 Å². The molecule has 1 heterocycles. The van der Waals surface area contributed by atoms with E-state index in [2.05, 4.69) is 52.4 Å². The Morgan fingerprint density at radius 3 is 2.54 bits per heavy atom. The number of aromatic nitrogens is 2. The van der Waals surface area contributed by atoms with Crippen LogP contribution in [-0.4, -0.2) is 22.9 Å². The summed E-state index contributed by atoms with van der Waals surface area (Å²) < 4.78 is 31.9. The third-order valence-electron chi connectivity index (χ3n) is 5.59. The molecule has 2 aromatic carbocycles. The van der Waals surface area contributed by atoms with Crippen LogP contribution >= 0.6 is 0 Å². The zero-order valence-corrected chi connectivity index (χ0v) is 15.9. The lowest BCUT2D eigenvalue weighted by Crippen LogP contribution is -2.11. The maximum atomic E-state index is 11.3. The molecule has 2 aliphatic carbocycles. The molecule has 5 nitrogen and oxygen atoms in total. The van der Waals surface area contributed by atoms with Crippen LogP contribution in [0.2, 0.25) is 0 Å². The van der Waals surface area contributed by atoms with Crippen molar-refractivity contribution in [1.29, 1.82) is 0 Å². The van der Waals surface area contributed by atoms with E-state index in [0.29, 0.717) is 5.69 Å². The average Bonchev–Trinajstić information content (AvgIpc) is 2.72. The number of allylic oxidation sites excluding steroid dienone is 1. The minimum atomic E-state index is -4.41. The summed E-state index contributed by atoms with van der Waals surface area (Å²) in [6, 6.07) is 14.6. The zero-order valence-electron chi connectivity index (χ0n) is 15.1. The standard InChI is InChI=1S/C22H18N2O3S/c25-28(26,27)22-23-12-11-21(24-22)16-7-8-18-15(13-16)6-10-19-17-4-2-1-3-14(17)5-9-20(18)19/h1-4,6,10-13H,5,7-9H2,(H,25,26,27). The Balaban J connectivity index is 1.59. The van der Waals surface area contributed by atoms with Crippen LogP contribution in [0.1, 0.15) is 34.4 Å². The molecule has 0 fully saturated rings. The second-order valence-electron chi connectivity index (χ2n) is 7.19. The van der Waals surface area contributed by atoms with Crippen molar-refractivity contribution >= 4 is 21.8 Å². The topological polar surface area (TPSA) is 80.2 Å². The molecule has 6 heteroatoms. The van der Waals surface area contributed by atoms with Crippen LogP contribution in [0, 0.1) is 0 Å². The van der Waals surface area contributed by atoms with Crippen LogP contribution in [-0.2, 0) is 29.4 Å². The molecule has 0 unspecified atom stereocenters. The quantitative estimate of drug-likeness (QED) is 0.529. The van der Waals surface area contributed by atoms with Crippen LogP contribution in [0.25, 0.3) is 22.8 Å². The van der Waals surface area contributed by atoms with Crippen molar-refractivity contribution in [1.82, 2.24) is 9.97 Å². The molecule has 1 N–H and O–H groups in total. The minimum Gasteiger partial charge on any atom is -0.279 e. The molecular weight excluding hydrogens is 372 g/mol. The van der Waals surface area contributed by atoms with Crippen molar-refractivity contribution in [3.8, 4) is 11.1 Å². The number of benzene rings is 2. The molecule has 3 aromatic rings. The first-order valence-electron chi connectivity index (χ1n) is 9.25. The van der Waals surface area contributed by atoms with Crippen LogP contribution in [0.15, 0.2) is 53.8 Å². The SMILES string of the molecule is O=S(=O)(O)c1nccc(C2=Cc3ccc4c(c3CC2)CCc2ccccc2-4)n1. The fourth-order valence-corrected chi connectivity index (χ4v) is 4.71. The van der Waals surface area contributed by atoms with Gasteiger partial charge in [-0.1, -0.05) is 36.4 Å². The fourth-order valence-electron chi connectivity index (χ4n) is 4.31. The van der Waals surface area contributed by atoms with Gasteiger partial charge in [0.25, 0.3) is 5.16 Å². The van der Waals surface area contributed by atoms with E-state index < -0.39 is 15.3 Å². The lowest BCUT2D eigenvalue weighted by molar-refractivity contribution is 0.474. The van der Waals surface area contributed by atoms with Crippen molar-refractivity contribution in [2.24, 2.45) is 0 Å². The summed E-state index contributed by atoms with van der Waals surface area (Å²) in [5.41, 5.74) is 9.51. The Morgan fingerprint density at radius 2 is 1.68 bits per heavy atom. The second-order valence-corrected chi connectivity index (χ2v) is 8.50. The number of fused-ring (bicyclic) bond motifs is 5. The lowest BCUT2D eigenvalue weighted by Gasteiger charge is -2.26. The Kier molecular flexibility index (Phi) is 3.92. The van der Waals surface area contributed by atoms with Gasteiger partial charge in [0.1, 0.15) is 0 Å². The van der Waals surface area contributed by atoms with E-state index in [1.165, 1.54) is 34.0 Å². The van der Waals surface area contributed by atoms with E-state index in [4.69, 9.17) is 0 Å². The van der Waals surface area contributed by atoms with Gasteiger partial charge >= 0.3 is 10.1 Å². The maximum Gasteiger partial charge on any atom is 0.330 e. The predicted octanol–water partition coefficient (Wildman–Crippen LogP) is 3.98. The molecular formula is C22H18N2O3S. The molecule has 0 amide bonds. The molecule has 2 aliphatic rings. The predicted molar refractivity (Wildman–Crippen MR) is 107 cm³/mol. The Hall–Kier alpha value is -2.83. The van der Waals surface area contributed by atoms with Crippen LogP contribution < -0.4 is 0 Å². The Bertz CT molecular complexity index is 1250. The first-order valence-corrected chi connectivity index (χ1v) is 10.7. The van der Waals surface area contributed by atoms with E-state index in [9.17, 15) is 13.0 Å². The normalized spacial score (nSPS) is 15.2. The van der Waals surface area contributed by atoms with Crippen LogP contribution in [0.3, 0.4) is 0 Å². The highest BCUT2D eigenvalue weighted by Crippen LogP contribution is 2.40. The summed E-state index contributed by atoms with van der Waals surface area (Å²) in [4.78, 5) is 7.69. The van der Waals surface area contributed by atoms with Crippen molar-refractivity contribution < 1.29 is 13.0 Å². The van der Waals surface area contributed by atoms with Crippen molar-refractivity contribution in [3.05, 3.63) is 76.6 Å². The molecule has 0 saturated heterocycles. The van der Waals surface area contributed by atoms with E-state index >= 15 is 0 Å². The molecule has 0 saturated carbocycles. The number of rotatable bonds is 2. The molecule has 1 aromatic heterocycles. The van der Waals surface area contributed by atoms with E-state index in [1.807, 2.05) is 0 Å². The van der Waals surface area contributed by atoms with Crippen molar-refractivity contribution in [2.75, 3.05) is 0 Å². The van der Waals surface area contributed by atoms with Gasteiger partial charge < -0.3 is 0 Å². The molecule has 0 bridgehead atoms. The lowest BCUT2D eigenvalue weighted by atomic mass is 9.78. The van der Waals surface area contributed by atoms with Gasteiger partial charge in [0.2, 0.25) is 0 Å². The highest BCUT2D eigenvalue weighted by atomic mass is 32.2. The number of hydrogen-bond donors (Lipinski definition) is 1. The van der Waals surface area contributed by atoms with Crippen LogP contribution in [0.5, 0.6) is 0 Å². The summed E-state index contributed by atoms with van der Waals surface area (Å²) >= 11 is 0. The molecule has 5 rings (SSSR count). The highest BCUT2D eigenvalue weighted by molar-refractivity contribution is 7.85. The number of aryl methyl sites for hydroxylation is 1. The monoisotopic (exact) mass is 390 g/mol. The van der Waals surface area contributed by atoms with E-state index in [1.54, 1.807) is 6.07 Å². The maximum absolute atomic E-state index is 11.3.